The number of rotatable bonds is 6. The lowest BCUT2D eigenvalue weighted by atomic mass is 10.1. The minimum atomic E-state index is 0.635. The van der Waals surface area contributed by atoms with Gasteiger partial charge in [0, 0.05) is 11.4 Å². The van der Waals surface area contributed by atoms with Crippen LogP contribution in [0.1, 0.15) is 17.8 Å². The summed E-state index contributed by atoms with van der Waals surface area (Å²) in [5.74, 6) is 0.743. The van der Waals surface area contributed by atoms with Gasteiger partial charge in [-0.05, 0) is 36.2 Å². The molecule has 2 aromatic rings. The van der Waals surface area contributed by atoms with E-state index < -0.39 is 0 Å². The first-order chi connectivity index (χ1) is 8.79. The van der Waals surface area contributed by atoms with Crippen molar-refractivity contribution in [1.82, 2.24) is 20.2 Å². The van der Waals surface area contributed by atoms with E-state index >= 15 is 0 Å². The van der Waals surface area contributed by atoms with Crippen molar-refractivity contribution >= 4 is 11.6 Å². The van der Waals surface area contributed by atoms with Crippen molar-refractivity contribution < 1.29 is 0 Å². The summed E-state index contributed by atoms with van der Waals surface area (Å²) in [7, 11) is 0. The first-order valence-electron chi connectivity index (χ1n) is 6.00. The molecule has 18 heavy (non-hydrogen) atoms. The molecule has 5 nitrogen and oxygen atoms in total. The van der Waals surface area contributed by atoms with Crippen LogP contribution in [0.25, 0.3) is 0 Å². The largest absolute Gasteiger partial charge is 0.330 e. The molecule has 0 saturated carbocycles. The number of nitrogens with zero attached hydrogens (tertiary/aromatic N) is 4. The van der Waals surface area contributed by atoms with E-state index in [1.54, 1.807) is 4.80 Å². The third-order valence-electron chi connectivity index (χ3n) is 2.63. The van der Waals surface area contributed by atoms with Gasteiger partial charge in [-0.1, -0.05) is 29.8 Å². The molecule has 0 saturated heterocycles. The highest BCUT2D eigenvalue weighted by Crippen LogP contribution is 2.16. The molecule has 6 heteroatoms. The van der Waals surface area contributed by atoms with Crippen LogP contribution in [0, 0.1) is 0 Å². The zero-order chi connectivity index (χ0) is 12.8. The lowest BCUT2D eigenvalue weighted by Gasteiger charge is -2.00. The number of halogens is 1. The average Bonchev–Trinajstić information content (AvgIpc) is 2.83. The zero-order valence-electron chi connectivity index (χ0n) is 10.1. The van der Waals surface area contributed by atoms with Crippen molar-refractivity contribution in [3.05, 3.63) is 40.7 Å². The molecule has 2 N–H and O–H groups in total. The number of hydrogen-bond donors (Lipinski definition) is 1. The van der Waals surface area contributed by atoms with Gasteiger partial charge in [-0.15, -0.1) is 10.2 Å². The van der Waals surface area contributed by atoms with E-state index in [0.29, 0.717) is 6.54 Å². The standard InChI is InChI=1S/C12H16ClN5/c13-11-5-2-1-4-10(11)6-7-12-15-17-18(16-12)9-3-8-14/h1-2,4-5H,3,6-9,14H2. The summed E-state index contributed by atoms with van der Waals surface area (Å²) in [5.41, 5.74) is 6.54. The van der Waals surface area contributed by atoms with E-state index in [1.807, 2.05) is 24.3 Å². The first kappa shape index (κ1) is 13.0. The summed E-state index contributed by atoms with van der Waals surface area (Å²) >= 11 is 6.09. The quantitative estimate of drug-likeness (QED) is 0.859. The van der Waals surface area contributed by atoms with Gasteiger partial charge in [-0.2, -0.15) is 4.80 Å². The Morgan fingerprint density at radius 1 is 1.22 bits per heavy atom. The van der Waals surface area contributed by atoms with E-state index in [1.165, 1.54) is 0 Å². The Morgan fingerprint density at radius 2 is 2.06 bits per heavy atom. The molecule has 96 valence electrons. The SMILES string of the molecule is NCCCn1nnc(CCc2ccccc2Cl)n1. The lowest BCUT2D eigenvalue weighted by molar-refractivity contribution is 0.502. The minimum absolute atomic E-state index is 0.635. The maximum Gasteiger partial charge on any atom is 0.175 e. The third kappa shape index (κ3) is 3.51. The van der Waals surface area contributed by atoms with Crippen LogP contribution in [0.15, 0.2) is 24.3 Å². The topological polar surface area (TPSA) is 69.6 Å². The molecule has 1 heterocycles. The van der Waals surface area contributed by atoms with E-state index in [-0.39, 0.29) is 0 Å². The van der Waals surface area contributed by atoms with Crippen LogP contribution < -0.4 is 5.73 Å². The van der Waals surface area contributed by atoms with E-state index in [0.717, 1.165) is 42.2 Å². The fourth-order valence-electron chi connectivity index (χ4n) is 1.65. The van der Waals surface area contributed by atoms with Crippen molar-refractivity contribution in [3.63, 3.8) is 0 Å². The van der Waals surface area contributed by atoms with Crippen LogP contribution in [-0.2, 0) is 19.4 Å². The number of tetrazole rings is 1. The van der Waals surface area contributed by atoms with E-state index in [4.69, 9.17) is 17.3 Å². The zero-order valence-corrected chi connectivity index (χ0v) is 10.8. The summed E-state index contributed by atoms with van der Waals surface area (Å²) in [6, 6.07) is 7.81. The van der Waals surface area contributed by atoms with Gasteiger partial charge in [0.15, 0.2) is 5.82 Å². The molecular weight excluding hydrogens is 250 g/mol. The molecule has 0 spiro atoms. The highest BCUT2D eigenvalue weighted by Gasteiger charge is 2.05. The Bertz CT molecular complexity index is 497. The van der Waals surface area contributed by atoms with Crippen LogP contribution in [0.3, 0.4) is 0 Å². The normalized spacial score (nSPS) is 10.8. The second-order valence-electron chi connectivity index (χ2n) is 4.04. The number of hydrogen-bond acceptors (Lipinski definition) is 4. The Hall–Kier alpha value is -1.46. The highest BCUT2D eigenvalue weighted by atomic mass is 35.5. The molecule has 0 amide bonds. The van der Waals surface area contributed by atoms with Gasteiger partial charge in [-0.3, -0.25) is 0 Å². The highest BCUT2D eigenvalue weighted by molar-refractivity contribution is 6.31. The molecule has 0 aliphatic carbocycles. The Balaban J connectivity index is 1.90. The summed E-state index contributed by atoms with van der Waals surface area (Å²) in [5, 5.41) is 13.1. The summed E-state index contributed by atoms with van der Waals surface area (Å²) in [4.78, 5) is 1.59. The van der Waals surface area contributed by atoms with Crippen LogP contribution in [0.4, 0.5) is 0 Å². The first-order valence-corrected chi connectivity index (χ1v) is 6.37. The predicted molar refractivity (Wildman–Crippen MR) is 70.3 cm³/mol. The Kier molecular flexibility index (Phi) is 4.66. The summed E-state index contributed by atoms with van der Waals surface area (Å²) in [6.07, 6.45) is 2.43. The average molecular weight is 266 g/mol. The molecule has 0 fully saturated rings. The smallest absolute Gasteiger partial charge is 0.175 e. The molecule has 0 radical (unpaired) electrons. The molecule has 0 atom stereocenters. The van der Waals surface area contributed by atoms with E-state index in [2.05, 4.69) is 15.4 Å². The minimum Gasteiger partial charge on any atom is -0.330 e. The summed E-state index contributed by atoms with van der Waals surface area (Å²) in [6.45, 7) is 1.35. The van der Waals surface area contributed by atoms with Crippen molar-refractivity contribution in [2.75, 3.05) is 6.54 Å². The van der Waals surface area contributed by atoms with Gasteiger partial charge < -0.3 is 5.73 Å². The molecule has 1 aromatic heterocycles. The Morgan fingerprint density at radius 3 is 2.83 bits per heavy atom. The number of aromatic nitrogens is 4. The Labute approximate surface area is 111 Å². The molecule has 0 aliphatic heterocycles. The molecule has 0 unspecified atom stereocenters. The van der Waals surface area contributed by atoms with Crippen molar-refractivity contribution in [2.24, 2.45) is 5.73 Å². The second-order valence-corrected chi connectivity index (χ2v) is 4.44. The fourth-order valence-corrected chi connectivity index (χ4v) is 1.88. The number of benzene rings is 1. The van der Waals surface area contributed by atoms with Crippen LogP contribution in [-0.4, -0.2) is 26.8 Å². The lowest BCUT2D eigenvalue weighted by Crippen LogP contribution is -2.08. The molecular formula is C12H16ClN5. The number of aryl methyl sites for hydroxylation is 3. The van der Waals surface area contributed by atoms with Gasteiger partial charge in [0.05, 0.1) is 6.54 Å². The maximum absolute atomic E-state index is 6.09. The second kappa shape index (κ2) is 6.47. The van der Waals surface area contributed by atoms with Crippen molar-refractivity contribution in [2.45, 2.75) is 25.8 Å². The predicted octanol–water partition coefficient (Wildman–Crippen LogP) is 1.46. The molecule has 1 aromatic carbocycles. The van der Waals surface area contributed by atoms with Crippen molar-refractivity contribution in [1.29, 1.82) is 0 Å². The van der Waals surface area contributed by atoms with Gasteiger partial charge in [0.1, 0.15) is 0 Å². The molecule has 2 rings (SSSR count). The van der Waals surface area contributed by atoms with Gasteiger partial charge in [0.2, 0.25) is 0 Å². The maximum atomic E-state index is 6.09. The summed E-state index contributed by atoms with van der Waals surface area (Å²) < 4.78 is 0. The van der Waals surface area contributed by atoms with E-state index in [9.17, 15) is 0 Å². The van der Waals surface area contributed by atoms with Gasteiger partial charge in [-0.25, -0.2) is 0 Å². The van der Waals surface area contributed by atoms with Gasteiger partial charge >= 0.3 is 0 Å². The van der Waals surface area contributed by atoms with Crippen LogP contribution in [0.5, 0.6) is 0 Å². The monoisotopic (exact) mass is 265 g/mol. The third-order valence-corrected chi connectivity index (χ3v) is 3.00. The van der Waals surface area contributed by atoms with Crippen LogP contribution in [0.2, 0.25) is 5.02 Å². The fraction of sp³-hybridized carbons (Fsp3) is 0.417. The molecule has 0 bridgehead atoms. The molecule has 0 aliphatic rings. The number of nitrogens with two attached hydrogens (primary N) is 1. The van der Waals surface area contributed by atoms with Crippen LogP contribution >= 0.6 is 11.6 Å². The van der Waals surface area contributed by atoms with Crippen molar-refractivity contribution in [3.8, 4) is 0 Å². The van der Waals surface area contributed by atoms with Gasteiger partial charge in [0.25, 0.3) is 0 Å².